The molecule has 0 aliphatic heterocycles. The van der Waals surface area contributed by atoms with Crippen LogP contribution in [0.25, 0.3) is 0 Å². The second-order valence-corrected chi connectivity index (χ2v) is 7.53. The highest BCUT2D eigenvalue weighted by atomic mass is 19.1. The molecule has 6 heteroatoms. The van der Waals surface area contributed by atoms with Crippen LogP contribution >= 0.6 is 0 Å². The fourth-order valence-corrected chi connectivity index (χ4v) is 3.85. The first-order chi connectivity index (χ1) is 14.0. The number of carbonyl (C=O) groups excluding carboxylic acids is 2. The molecule has 5 nitrogen and oxygen atoms in total. The Balaban J connectivity index is 1.68. The topological polar surface area (TPSA) is 61.4 Å². The Morgan fingerprint density at radius 1 is 1.07 bits per heavy atom. The first-order valence-corrected chi connectivity index (χ1v) is 10.2. The molecule has 2 amide bonds. The van der Waals surface area contributed by atoms with Crippen molar-refractivity contribution in [1.82, 2.24) is 10.2 Å². The zero-order valence-corrected chi connectivity index (χ0v) is 16.8. The molecular formula is C23H28FN3O2. The average Bonchev–Trinajstić information content (AvgIpc) is 2.75. The van der Waals surface area contributed by atoms with E-state index in [2.05, 4.69) is 15.5 Å². The molecule has 0 unspecified atom stereocenters. The van der Waals surface area contributed by atoms with Crippen molar-refractivity contribution >= 4 is 17.5 Å². The van der Waals surface area contributed by atoms with Crippen molar-refractivity contribution in [2.45, 2.75) is 44.7 Å². The minimum atomic E-state index is -0.258. The summed E-state index contributed by atoms with van der Waals surface area (Å²) < 4.78 is 13.2. The van der Waals surface area contributed by atoms with E-state index in [9.17, 15) is 14.0 Å². The number of hydrogen-bond acceptors (Lipinski definition) is 3. The maximum absolute atomic E-state index is 13.2. The average molecular weight is 397 g/mol. The minimum absolute atomic E-state index is 0.119. The van der Waals surface area contributed by atoms with Crippen molar-refractivity contribution in [3.05, 3.63) is 65.5 Å². The Kier molecular flexibility index (Phi) is 7.36. The van der Waals surface area contributed by atoms with Crippen LogP contribution in [0, 0.1) is 5.82 Å². The van der Waals surface area contributed by atoms with Crippen LogP contribution in [-0.2, 0) is 11.3 Å². The third kappa shape index (κ3) is 6.12. The van der Waals surface area contributed by atoms with E-state index in [0.717, 1.165) is 18.4 Å². The molecule has 3 rings (SSSR count). The summed E-state index contributed by atoms with van der Waals surface area (Å²) >= 11 is 0. The van der Waals surface area contributed by atoms with Crippen LogP contribution in [0.2, 0.25) is 0 Å². The summed E-state index contributed by atoms with van der Waals surface area (Å²) in [6, 6.07) is 13.7. The summed E-state index contributed by atoms with van der Waals surface area (Å²) in [6.45, 7) is 0.864. The van der Waals surface area contributed by atoms with Crippen LogP contribution in [0.3, 0.4) is 0 Å². The predicted molar refractivity (Wildman–Crippen MR) is 112 cm³/mol. The Labute approximate surface area is 171 Å². The van der Waals surface area contributed by atoms with Gasteiger partial charge in [0, 0.05) is 30.9 Å². The van der Waals surface area contributed by atoms with Gasteiger partial charge in [-0.2, -0.15) is 0 Å². The Hall–Kier alpha value is -2.73. The van der Waals surface area contributed by atoms with E-state index >= 15 is 0 Å². The molecule has 0 aromatic heterocycles. The highest BCUT2D eigenvalue weighted by molar-refractivity contribution is 5.97. The summed E-state index contributed by atoms with van der Waals surface area (Å²) in [7, 11) is 1.57. The molecule has 2 N–H and O–H groups in total. The molecule has 29 heavy (non-hydrogen) atoms. The van der Waals surface area contributed by atoms with Crippen LogP contribution in [0.5, 0.6) is 0 Å². The predicted octanol–water partition coefficient (Wildman–Crippen LogP) is 3.96. The van der Waals surface area contributed by atoms with E-state index in [4.69, 9.17) is 0 Å². The van der Waals surface area contributed by atoms with Gasteiger partial charge >= 0.3 is 0 Å². The van der Waals surface area contributed by atoms with E-state index in [1.54, 1.807) is 43.4 Å². The fraction of sp³-hybridized carbons (Fsp3) is 0.391. The lowest BCUT2D eigenvalue weighted by Crippen LogP contribution is -2.41. The molecule has 2 aromatic carbocycles. The molecule has 0 radical (unpaired) electrons. The van der Waals surface area contributed by atoms with Crippen molar-refractivity contribution in [3.63, 3.8) is 0 Å². The molecule has 0 saturated heterocycles. The highest BCUT2D eigenvalue weighted by Gasteiger charge is 2.23. The van der Waals surface area contributed by atoms with Crippen molar-refractivity contribution in [2.75, 3.05) is 18.9 Å². The molecule has 1 saturated carbocycles. The van der Waals surface area contributed by atoms with Gasteiger partial charge in [0.2, 0.25) is 5.91 Å². The van der Waals surface area contributed by atoms with Gasteiger partial charge in [0.25, 0.3) is 5.91 Å². The zero-order valence-electron chi connectivity index (χ0n) is 16.8. The first-order valence-electron chi connectivity index (χ1n) is 10.2. The number of amides is 2. The SMILES string of the molecule is CNC(=O)c1cccc(NC(=O)CN(Cc2ccc(F)cc2)C2CCCCC2)c1. The normalized spacial score (nSPS) is 14.6. The summed E-state index contributed by atoms with van der Waals surface area (Å²) in [5.41, 5.74) is 2.09. The molecule has 0 spiro atoms. The lowest BCUT2D eigenvalue weighted by Gasteiger charge is -2.34. The Morgan fingerprint density at radius 3 is 2.48 bits per heavy atom. The maximum Gasteiger partial charge on any atom is 0.251 e. The van der Waals surface area contributed by atoms with Crippen molar-refractivity contribution < 1.29 is 14.0 Å². The number of carbonyl (C=O) groups is 2. The number of rotatable bonds is 7. The maximum atomic E-state index is 13.2. The molecule has 1 aliphatic rings. The number of halogens is 1. The Bertz CT molecular complexity index is 832. The lowest BCUT2D eigenvalue weighted by molar-refractivity contribution is -0.118. The molecular weight excluding hydrogens is 369 g/mol. The zero-order chi connectivity index (χ0) is 20.6. The quantitative estimate of drug-likeness (QED) is 0.743. The second-order valence-electron chi connectivity index (χ2n) is 7.53. The monoisotopic (exact) mass is 397 g/mol. The van der Waals surface area contributed by atoms with Crippen LogP contribution in [0.1, 0.15) is 48.0 Å². The molecule has 1 aliphatic carbocycles. The largest absolute Gasteiger partial charge is 0.355 e. The number of anilines is 1. The molecule has 154 valence electrons. The van der Waals surface area contributed by atoms with Crippen LogP contribution in [0.4, 0.5) is 10.1 Å². The van der Waals surface area contributed by atoms with Gasteiger partial charge in [-0.15, -0.1) is 0 Å². The number of nitrogens with one attached hydrogen (secondary N) is 2. The lowest BCUT2D eigenvalue weighted by atomic mass is 9.93. The summed E-state index contributed by atoms with van der Waals surface area (Å²) in [4.78, 5) is 26.7. The molecule has 0 atom stereocenters. The van der Waals surface area contributed by atoms with Gasteiger partial charge in [-0.1, -0.05) is 37.5 Å². The first kappa shape index (κ1) is 21.0. The number of benzene rings is 2. The second kappa shape index (κ2) is 10.2. The van der Waals surface area contributed by atoms with Gasteiger partial charge in [-0.3, -0.25) is 14.5 Å². The molecule has 0 bridgehead atoms. The minimum Gasteiger partial charge on any atom is -0.355 e. The molecule has 2 aromatic rings. The summed E-state index contributed by atoms with van der Waals surface area (Å²) in [6.07, 6.45) is 5.71. The van der Waals surface area contributed by atoms with E-state index in [1.807, 2.05) is 0 Å². The summed E-state index contributed by atoms with van der Waals surface area (Å²) in [5.74, 6) is -0.570. The van der Waals surface area contributed by atoms with Crippen molar-refractivity contribution in [2.24, 2.45) is 0 Å². The third-order valence-electron chi connectivity index (χ3n) is 5.37. The van der Waals surface area contributed by atoms with E-state index in [-0.39, 0.29) is 24.2 Å². The smallest absolute Gasteiger partial charge is 0.251 e. The van der Waals surface area contributed by atoms with E-state index in [0.29, 0.717) is 23.8 Å². The van der Waals surface area contributed by atoms with Gasteiger partial charge in [-0.05, 0) is 48.7 Å². The highest BCUT2D eigenvalue weighted by Crippen LogP contribution is 2.24. The van der Waals surface area contributed by atoms with Crippen LogP contribution in [-0.4, -0.2) is 36.3 Å². The van der Waals surface area contributed by atoms with Gasteiger partial charge < -0.3 is 10.6 Å². The van der Waals surface area contributed by atoms with E-state index in [1.165, 1.54) is 31.4 Å². The van der Waals surface area contributed by atoms with Crippen LogP contribution < -0.4 is 10.6 Å². The standard InChI is InChI=1S/C23H28FN3O2/c1-25-23(29)18-6-5-7-20(14-18)26-22(28)16-27(21-8-3-2-4-9-21)15-17-10-12-19(24)13-11-17/h5-7,10-14,21H,2-4,8-9,15-16H2,1H3,(H,25,29)(H,26,28). The Morgan fingerprint density at radius 2 is 1.79 bits per heavy atom. The van der Waals surface area contributed by atoms with Gasteiger partial charge in [0.05, 0.1) is 6.54 Å². The van der Waals surface area contributed by atoms with Gasteiger partial charge in [0.15, 0.2) is 0 Å². The summed E-state index contributed by atoms with van der Waals surface area (Å²) in [5, 5.41) is 5.49. The van der Waals surface area contributed by atoms with Gasteiger partial charge in [0.1, 0.15) is 5.82 Å². The van der Waals surface area contributed by atoms with Crippen molar-refractivity contribution in [1.29, 1.82) is 0 Å². The number of hydrogen-bond donors (Lipinski definition) is 2. The fourth-order valence-electron chi connectivity index (χ4n) is 3.85. The van der Waals surface area contributed by atoms with E-state index < -0.39 is 0 Å². The third-order valence-corrected chi connectivity index (χ3v) is 5.37. The van der Waals surface area contributed by atoms with Crippen molar-refractivity contribution in [3.8, 4) is 0 Å². The molecule has 0 heterocycles. The number of nitrogens with zero attached hydrogens (tertiary/aromatic N) is 1. The van der Waals surface area contributed by atoms with Crippen LogP contribution in [0.15, 0.2) is 48.5 Å². The molecule has 1 fully saturated rings. The van der Waals surface area contributed by atoms with Gasteiger partial charge in [-0.25, -0.2) is 4.39 Å².